The molecule has 1 amide bonds. The van der Waals surface area contributed by atoms with Crippen molar-refractivity contribution in [2.24, 2.45) is 0 Å². The molecule has 8 heteroatoms. The fourth-order valence-corrected chi connectivity index (χ4v) is 4.14. The smallest absolute Gasteiger partial charge is 0.303 e. The summed E-state index contributed by atoms with van der Waals surface area (Å²) in [4.78, 5) is 27.4. The Labute approximate surface area is 161 Å². The summed E-state index contributed by atoms with van der Waals surface area (Å²) in [6, 6.07) is 8.07. The maximum Gasteiger partial charge on any atom is 0.303 e. The number of carbonyl (C=O) groups excluding carboxylic acids is 1. The fraction of sp³-hybridized carbons (Fsp3) is 0.389. The average molecular weight is 393 g/mol. The number of hydrogen-bond donors (Lipinski definition) is 1. The number of anilines is 1. The number of amides is 1. The second-order valence-electron chi connectivity index (χ2n) is 6.02. The van der Waals surface area contributed by atoms with Gasteiger partial charge in [0, 0.05) is 31.7 Å². The van der Waals surface area contributed by atoms with Gasteiger partial charge in [-0.3, -0.25) is 14.5 Å². The lowest BCUT2D eigenvalue weighted by molar-refractivity contribution is -0.137. The van der Waals surface area contributed by atoms with Gasteiger partial charge in [-0.1, -0.05) is 36.1 Å². The van der Waals surface area contributed by atoms with Crippen molar-refractivity contribution in [3.8, 4) is 0 Å². The lowest BCUT2D eigenvalue weighted by atomic mass is 10.1. The number of ether oxygens (including phenoxy) is 1. The summed E-state index contributed by atoms with van der Waals surface area (Å²) in [5.41, 5.74) is 2.08. The second-order valence-corrected chi connectivity index (χ2v) is 7.70. The molecular formula is C18H20N2O4S2. The van der Waals surface area contributed by atoms with Gasteiger partial charge in [-0.05, 0) is 30.2 Å². The van der Waals surface area contributed by atoms with E-state index in [1.165, 1.54) is 16.7 Å². The topological polar surface area (TPSA) is 70.1 Å². The molecule has 0 aliphatic carbocycles. The first-order chi connectivity index (χ1) is 12.5. The van der Waals surface area contributed by atoms with Gasteiger partial charge < -0.3 is 14.7 Å². The van der Waals surface area contributed by atoms with Crippen molar-refractivity contribution in [1.82, 2.24) is 4.90 Å². The van der Waals surface area contributed by atoms with E-state index in [1.54, 1.807) is 0 Å². The third kappa shape index (κ3) is 4.63. The Kier molecular flexibility index (Phi) is 6.29. The van der Waals surface area contributed by atoms with Crippen LogP contribution in [0, 0.1) is 0 Å². The number of thiocarbonyl (C=S) groups is 1. The quantitative estimate of drug-likeness (QED) is 0.589. The molecular weight excluding hydrogens is 372 g/mol. The summed E-state index contributed by atoms with van der Waals surface area (Å²) < 4.78 is 5.85. The van der Waals surface area contributed by atoms with E-state index < -0.39 is 5.97 Å². The number of carbonyl (C=O) groups is 2. The van der Waals surface area contributed by atoms with Crippen LogP contribution in [-0.4, -0.2) is 59.1 Å². The molecule has 0 unspecified atom stereocenters. The summed E-state index contributed by atoms with van der Waals surface area (Å²) in [7, 11) is 0. The Bertz CT molecular complexity index is 727. The number of nitrogens with zero attached hydrogens (tertiary/aromatic N) is 2. The maximum absolute atomic E-state index is 12.5. The van der Waals surface area contributed by atoms with Gasteiger partial charge in [0.2, 0.25) is 0 Å². The number of benzene rings is 1. The highest BCUT2D eigenvalue weighted by Gasteiger charge is 2.31. The molecule has 1 aromatic rings. The third-order valence-electron chi connectivity index (χ3n) is 4.21. The van der Waals surface area contributed by atoms with E-state index in [9.17, 15) is 9.59 Å². The highest BCUT2D eigenvalue weighted by Crippen LogP contribution is 2.33. The zero-order valence-electron chi connectivity index (χ0n) is 14.2. The fourth-order valence-electron chi connectivity index (χ4n) is 2.84. The minimum atomic E-state index is -0.869. The molecule has 0 saturated carbocycles. The standard InChI is InChI=1S/C18H20N2O4S2/c21-16(22)2-1-7-20-17(23)15(26-18(20)25)12-13-3-5-14(6-4-13)19-8-10-24-11-9-19/h3-6,12H,1-2,7-11H2,(H,21,22)/b15-12+. The van der Waals surface area contributed by atoms with Crippen molar-refractivity contribution >= 4 is 51.9 Å². The molecule has 2 fully saturated rings. The van der Waals surface area contributed by atoms with Gasteiger partial charge in [-0.25, -0.2) is 0 Å². The summed E-state index contributed by atoms with van der Waals surface area (Å²) in [6.07, 6.45) is 2.25. The minimum absolute atomic E-state index is 0.0269. The molecule has 3 rings (SSSR count). The summed E-state index contributed by atoms with van der Waals surface area (Å²) >= 11 is 6.52. The van der Waals surface area contributed by atoms with Gasteiger partial charge in [-0.2, -0.15) is 0 Å². The molecule has 0 aromatic heterocycles. The first-order valence-corrected chi connectivity index (χ1v) is 9.67. The van der Waals surface area contributed by atoms with Crippen molar-refractivity contribution in [2.45, 2.75) is 12.8 Å². The SMILES string of the molecule is O=C(O)CCCN1C(=O)/C(=C\c2ccc(N3CCOCC3)cc2)SC1=S. The number of carboxylic acids is 1. The van der Waals surface area contributed by atoms with Crippen molar-refractivity contribution in [3.05, 3.63) is 34.7 Å². The number of aliphatic carboxylic acids is 1. The molecule has 2 aliphatic heterocycles. The van der Waals surface area contributed by atoms with E-state index in [-0.39, 0.29) is 12.3 Å². The Morgan fingerprint density at radius 3 is 2.62 bits per heavy atom. The van der Waals surface area contributed by atoms with Crippen LogP contribution in [0.1, 0.15) is 18.4 Å². The first-order valence-electron chi connectivity index (χ1n) is 8.44. The van der Waals surface area contributed by atoms with Crippen molar-refractivity contribution in [1.29, 1.82) is 0 Å². The van der Waals surface area contributed by atoms with Crippen LogP contribution >= 0.6 is 24.0 Å². The van der Waals surface area contributed by atoms with E-state index in [2.05, 4.69) is 4.90 Å². The Morgan fingerprint density at radius 1 is 1.27 bits per heavy atom. The predicted octanol–water partition coefficient (Wildman–Crippen LogP) is 2.59. The van der Waals surface area contributed by atoms with Crippen LogP contribution in [0.15, 0.2) is 29.2 Å². The average Bonchev–Trinajstić information content (AvgIpc) is 2.90. The Balaban J connectivity index is 1.64. The molecule has 2 aliphatic rings. The Hall–Kier alpha value is -1.90. The van der Waals surface area contributed by atoms with Crippen LogP contribution in [-0.2, 0) is 14.3 Å². The van der Waals surface area contributed by atoms with Crippen LogP contribution in [0.5, 0.6) is 0 Å². The lowest BCUT2D eigenvalue weighted by Gasteiger charge is -2.28. The molecule has 6 nitrogen and oxygen atoms in total. The molecule has 2 heterocycles. The van der Waals surface area contributed by atoms with Gasteiger partial charge in [0.25, 0.3) is 5.91 Å². The normalized spacial score (nSPS) is 19.5. The lowest BCUT2D eigenvalue weighted by Crippen LogP contribution is -2.36. The molecule has 26 heavy (non-hydrogen) atoms. The van der Waals surface area contributed by atoms with Crippen LogP contribution in [0.4, 0.5) is 5.69 Å². The molecule has 0 radical (unpaired) electrons. The van der Waals surface area contributed by atoms with Crippen LogP contribution in [0.25, 0.3) is 6.08 Å². The molecule has 138 valence electrons. The number of hydrogen-bond acceptors (Lipinski definition) is 6. The summed E-state index contributed by atoms with van der Waals surface area (Å²) in [5.74, 6) is -1.02. The number of thioether (sulfide) groups is 1. The monoisotopic (exact) mass is 392 g/mol. The molecule has 0 spiro atoms. The second kappa shape index (κ2) is 8.66. The predicted molar refractivity (Wildman–Crippen MR) is 106 cm³/mol. The molecule has 0 atom stereocenters. The van der Waals surface area contributed by atoms with Crippen LogP contribution in [0.3, 0.4) is 0 Å². The van der Waals surface area contributed by atoms with E-state index in [0.717, 1.165) is 37.6 Å². The molecule has 0 bridgehead atoms. The van der Waals surface area contributed by atoms with E-state index in [4.69, 9.17) is 22.1 Å². The van der Waals surface area contributed by atoms with Gasteiger partial charge in [0.15, 0.2) is 0 Å². The summed E-state index contributed by atoms with van der Waals surface area (Å²) in [5, 5.41) is 8.72. The number of morpholine rings is 1. The van der Waals surface area contributed by atoms with E-state index in [0.29, 0.717) is 22.2 Å². The zero-order valence-corrected chi connectivity index (χ0v) is 15.9. The maximum atomic E-state index is 12.5. The van der Waals surface area contributed by atoms with Crippen molar-refractivity contribution < 1.29 is 19.4 Å². The molecule has 2 saturated heterocycles. The van der Waals surface area contributed by atoms with Gasteiger partial charge in [-0.15, -0.1) is 0 Å². The minimum Gasteiger partial charge on any atom is -0.481 e. The highest BCUT2D eigenvalue weighted by atomic mass is 32.2. The molecule has 1 N–H and O–H groups in total. The van der Waals surface area contributed by atoms with Crippen molar-refractivity contribution in [2.75, 3.05) is 37.7 Å². The highest BCUT2D eigenvalue weighted by molar-refractivity contribution is 8.26. The van der Waals surface area contributed by atoms with Crippen LogP contribution in [0.2, 0.25) is 0 Å². The largest absolute Gasteiger partial charge is 0.481 e. The van der Waals surface area contributed by atoms with Gasteiger partial charge in [0.1, 0.15) is 4.32 Å². The van der Waals surface area contributed by atoms with Gasteiger partial charge >= 0.3 is 5.97 Å². The van der Waals surface area contributed by atoms with E-state index in [1.807, 2.05) is 30.3 Å². The van der Waals surface area contributed by atoms with E-state index >= 15 is 0 Å². The van der Waals surface area contributed by atoms with Gasteiger partial charge in [0.05, 0.1) is 18.1 Å². The zero-order chi connectivity index (χ0) is 18.5. The first kappa shape index (κ1) is 18.9. The molecule has 1 aromatic carbocycles. The summed E-state index contributed by atoms with van der Waals surface area (Å²) in [6.45, 7) is 3.59. The van der Waals surface area contributed by atoms with Crippen LogP contribution < -0.4 is 4.90 Å². The number of carboxylic acid groups (broad SMARTS) is 1. The van der Waals surface area contributed by atoms with Crippen molar-refractivity contribution in [3.63, 3.8) is 0 Å². The Morgan fingerprint density at radius 2 is 1.96 bits per heavy atom. The third-order valence-corrected chi connectivity index (χ3v) is 5.59. The number of rotatable bonds is 6.